The van der Waals surface area contributed by atoms with Gasteiger partial charge in [-0.05, 0) is 48.9 Å². The second kappa shape index (κ2) is 8.51. The summed E-state index contributed by atoms with van der Waals surface area (Å²) < 4.78 is 7.93. The molecule has 1 N–H and O–H groups in total. The minimum atomic E-state index is -0.377. The van der Waals surface area contributed by atoms with Gasteiger partial charge in [-0.15, -0.1) is 10.2 Å². The van der Waals surface area contributed by atoms with E-state index in [1.54, 1.807) is 42.8 Å². The predicted molar refractivity (Wildman–Crippen MR) is 119 cm³/mol. The van der Waals surface area contributed by atoms with E-state index in [0.717, 1.165) is 15.6 Å². The van der Waals surface area contributed by atoms with Crippen molar-refractivity contribution in [1.29, 1.82) is 0 Å². The smallest absolute Gasteiger partial charge is 0.278 e. The third kappa shape index (κ3) is 3.94. The summed E-state index contributed by atoms with van der Waals surface area (Å²) >= 11 is 9.35. The van der Waals surface area contributed by atoms with Gasteiger partial charge in [-0.2, -0.15) is 5.10 Å². The van der Waals surface area contributed by atoms with Crippen molar-refractivity contribution in [3.05, 3.63) is 75.1 Å². The van der Waals surface area contributed by atoms with Crippen molar-refractivity contribution >= 4 is 44.8 Å². The van der Waals surface area contributed by atoms with Crippen LogP contribution in [0.5, 0.6) is 0 Å². The quantitative estimate of drug-likeness (QED) is 0.433. The summed E-state index contributed by atoms with van der Waals surface area (Å²) in [4.78, 5) is 12.8. The molecule has 2 heterocycles. The molecular weight excluding hydrogens is 470 g/mol. The van der Waals surface area contributed by atoms with Crippen molar-refractivity contribution in [1.82, 2.24) is 19.8 Å². The SMILES string of the molecule is COCc1nn2c(C)c(C(=O)Nc3ccc(Cl)cc3)nnc2c1-c1ccc(Br)cc1. The summed E-state index contributed by atoms with van der Waals surface area (Å²) in [5, 5.41) is 16.6. The molecule has 0 radical (unpaired) electrons. The maximum atomic E-state index is 12.8. The number of methoxy groups -OCH3 is 1. The highest BCUT2D eigenvalue weighted by Crippen LogP contribution is 2.30. The standard InChI is InChI=1S/C21H17BrClN5O2/c1-12-19(21(29)24-16-9-7-15(23)8-10-16)25-26-20-18(13-3-5-14(22)6-4-13)17(11-30-2)27-28(12)20/h3-10H,11H2,1-2H3,(H,24,29). The number of nitrogens with zero attached hydrogens (tertiary/aromatic N) is 4. The monoisotopic (exact) mass is 485 g/mol. The van der Waals surface area contributed by atoms with E-state index in [-0.39, 0.29) is 11.6 Å². The molecule has 0 unspecified atom stereocenters. The van der Waals surface area contributed by atoms with Crippen LogP contribution in [0.4, 0.5) is 5.69 Å². The van der Waals surface area contributed by atoms with E-state index in [0.29, 0.717) is 34.4 Å². The number of nitrogens with one attached hydrogen (secondary N) is 1. The van der Waals surface area contributed by atoms with Gasteiger partial charge in [0.05, 0.1) is 23.6 Å². The van der Waals surface area contributed by atoms with E-state index < -0.39 is 0 Å². The van der Waals surface area contributed by atoms with Crippen LogP contribution in [0.1, 0.15) is 21.9 Å². The topological polar surface area (TPSA) is 81.4 Å². The first-order chi connectivity index (χ1) is 14.5. The molecular formula is C21H17BrClN5O2. The lowest BCUT2D eigenvalue weighted by Gasteiger charge is -2.08. The van der Waals surface area contributed by atoms with Crippen LogP contribution in [0.25, 0.3) is 16.8 Å². The molecule has 2 aromatic heterocycles. The van der Waals surface area contributed by atoms with Gasteiger partial charge in [-0.1, -0.05) is 39.7 Å². The first kappa shape index (κ1) is 20.5. The molecule has 0 spiro atoms. The van der Waals surface area contributed by atoms with Gasteiger partial charge in [0.2, 0.25) is 0 Å². The molecule has 4 rings (SSSR count). The Morgan fingerprint density at radius 2 is 1.83 bits per heavy atom. The third-order valence-electron chi connectivity index (χ3n) is 4.57. The van der Waals surface area contributed by atoms with Gasteiger partial charge >= 0.3 is 0 Å². The molecule has 7 nitrogen and oxygen atoms in total. The van der Waals surface area contributed by atoms with Crippen LogP contribution < -0.4 is 5.32 Å². The number of hydrogen-bond acceptors (Lipinski definition) is 5. The molecule has 0 fully saturated rings. The number of carbonyl (C=O) groups excluding carboxylic acids is 1. The Hall–Kier alpha value is -2.81. The Morgan fingerprint density at radius 1 is 1.13 bits per heavy atom. The second-order valence-electron chi connectivity index (χ2n) is 6.59. The van der Waals surface area contributed by atoms with Gasteiger partial charge in [-0.25, -0.2) is 4.52 Å². The number of fused-ring (bicyclic) bond motifs is 1. The number of halogens is 2. The van der Waals surface area contributed by atoms with Gasteiger partial charge in [0.25, 0.3) is 5.91 Å². The van der Waals surface area contributed by atoms with E-state index >= 15 is 0 Å². The van der Waals surface area contributed by atoms with Crippen LogP contribution in [-0.4, -0.2) is 32.8 Å². The molecule has 0 aliphatic rings. The van der Waals surface area contributed by atoms with Gasteiger partial charge in [-0.3, -0.25) is 4.79 Å². The number of ether oxygens (including phenoxy) is 1. The summed E-state index contributed by atoms with van der Waals surface area (Å²) in [5.41, 5.74) is 4.41. The normalized spacial score (nSPS) is 11.1. The number of aromatic nitrogens is 4. The maximum Gasteiger partial charge on any atom is 0.278 e. The van der Waals surface area contributed by atoms with Crippen molar-refractivity contribution in [2.24, 2.45) is 0 Å². The fourth-order valence-electron chi connectivity index (χ4n) is 3.13. The van der Waals surface area contributed by atoms with Crippen molar-refractivity contribution in [3.8, 4) is 11.1 Å². The van der Waals surface area contributed by atoms with Crippen LogP contribution in [0.15, 0.2) is 53.0 Å². The highest BCUT2D eigenvalue weighted by molar-refractivity contribution is 9.10. The Morgan fingerprint density at radius 3 is 2.50 bits per heavy atom. The minimum absolute atomic E-state index is 0.186. The molecule has 152 valence electrons. The fraction of sp³-hybridized carbons (Fsp3) is 0.143. The zero-order valence-electron chi connectivity index (χ0n) is 16.2. The largest absolute Gasteiger partial charge is 0.378 e. The molecule has 1 amide bonds. The average Bonchev–Trinajstić information content (AvgIpc) is 3.10. The molecule has 0 aliphatic heterocycles. The number of benzene rings is 2. The summed E-state index contributed by atoms with van der Waals surface area (Å²) in [7, 11) is 1.61. The van der Waals surface area contributed by atoms with E-state index in [1.807, 2.05) is 24.3 Å². The third-order valence-corrected chi connectivity index (χ3v) is 5.35. The van der Waals surface area contributed by atoms with E-state index in [4.69, 9.17) is 16.3 Å². The van der Waals surface area contributed by atoms with Crippen molar-refractivity contribution in [2.75, 3.05) is 12.4 Å². The lowest BCUT2D eigenvalue weighted by molar-refractivity contribution is 0.102. The summed E-state index contributed by atoms with van der Waals surface area (Å²) in [5.74, 6) is -0.377. The number of aryl methyl sites for hydroxylation is 1. The van der Waals surface area contributed by atoms with Crippen molar-refractivity contribution < 1.29 is 9.53 Å². The maximum absolute atomic E-state index is 12.8. The van der Waals surface area contributed by atoms with E-state index in [9.17, 15) is 4.79 Å². The first-order valence-corrected chi connectivity index (χ1v) is 10.2. The Labute approximate surface area is 186 Å². The minimum Gasteiger partial charge on any atom is -0.378 e. The van der Waals surface area contributed by atoms with Gasteiger partial charge < -0.3 is 10.1 Å². The first-order valence-electron chi connectivity index (χ1n) is 9.04. The molecule has 0 aliphatic carbocycles. The predicted octanol–water partition coefficient (Wildman–Crippen LogP) is 4.91. The number of rotatable bonds is 5. The van der Waals surface area contributed by atoms with E-state index in [2.05, 4.69) is 36.5 Å². The highest BCUT2D eigenvalue weighted by atomic mass is 79.9. The molecule has 2 aromatic carbocycles. The lowest BCUT2D eigenvalue weighted by atomic mass is 10.1. The zero-order chi connectivity index (χ0) is 21.3. The number of hydrogen-bond donors (Lipinski definition) is 1. The number of anilines is 1. The molecule has 0 saturated heterocycles. The van der Waals surface area contributed by atoms with Gasteiger partial charge in [0.1, 0.15) is 0 Å². The second-order valence-corrected chi connectivity index (χ2v) is 7.94. The van der Waals surface area contributed by atoms with Crippen LogP contribution in [0.3, 0.4) is 0 Å². The summed E-state index contributed by atoms with van der Waals surface area (Å²) in [6.07, 6.45) is 0. The van der Waals surface area contributed by atoms with Gasteiger partial charge in [0, 0.05) is 22.3 Å². The number of amides is 1. The molecule has 0 saturated carbocycles. The summed E-state index contributed by atoms with van der Waals surface area (Å²) in [6.45, 7) is 2.09. The average molecular weight is 487 g/mol. The molecule has 4 aromatic rings. The molecule has 0 atom stereocenters. The van der Waals surface area contributed by atoms with Gasteiger partial charge in [0.15, 0.2) is 11.3 Å². The van der Waals surface area contributed by atoms with Crippen LogP contribution >= 0.6 is 27.5 Å². The Bertz CT molecular complexity index is 1220. The van der Waals surface area contributed by atoms with Crippen molar-refractivity contribution in [2.45, 2.75) is 13.5 Å². The number of carbonyl (C=O) groups is 1. The van der Waals surface area contributed by atoms with Crippen LogP contribution in [0.2, 0.25) is 5.02 Å². The highest BCUT2D eigenvalue weighted by Gasteiger charge is 2.22. The van der Waals surface area contributed by atoms with Crippen molar-refractivity contribution in [3.63, 3.8) is 0 Å². The summed E-state index contributed by atoms with van der Waals surface area (Å²) in [6, 6.07) is 14.7. The zero-order valence-corrected chi connectivity index (χ0v) is 18.5. The van der Waals surface area contributed by atoms with E-state index in [1.165, 1.54) is 0 Å². The Kier molecular flexibility index (Phi) is 5.80. The molecule has 30 heavy (non-hydrogen) atoms. The molecule has 9 heteroatoms. The van der Waals surface area contributed by atoms with Crippen LogP contribution in [0, 0.1) is 6.92 Å². The van der Waals surface area contributed by atoms with Crippen LogP contribution in [-0.2, 0) is 11.3 Å². The Balaban J connectivity index is 1.77. The lowest BCUT2D eigenvalue weighted by Crippen LogP contribution is -2.18. The fourth-order valence-corrected chi connectivity index (χ4v) is 3.52. The molecule has 0 bridgehead atoms.